The summed E-state index contributed by atoms with van der Waals surface area (Å²) in [6.45, 7) is 8.21. The molecule has 1 aromatic heterocycles. The standard InChI is InChI=1S/C22H26N4O2/c1-16-20(17(2)28-24-16)21(27)26-10-3-8-22(15-26)9-11-25(14-22)13-19-6-4-18(12-23)5-7-19/h4-7H,3,8-11,13-15H2,1-2H3/t22-/m0/s1. The van der Waals surface area contributed by atoms with Gasteiger partial charge in [-0.1, -0.05) is 17.3 Å². The Morgan fingerprint density at radius 1 is 1.21 bits per heavy atom. The van der Waals surface area contributed by atoms with E-state index in [2.05, 4.69) is 16.1 Å². The number of rotatable bonds is 3. The number of carbonyl (C=O) groups is 1. The molecule has 0 saturated carbocycles. The maximum Gasteiger partial charge on any atom is 0.259 e. The van der Waals surface area contributed by atoms with Crippen LogP contribution in [0.1, 0.15) is 52.2 Å². The third-order valence-electron chi connectivity index (χ3n) is 6.20. The molecule has 1 aromatic carbocycles. The Kier molecular flexibility index (Phi) is 4.94. The number of hydrogen-bond donors (Lipinski definition) is 0. The molecule has 1 amide bonds. The first-order chi connectivity index (χ1) is 13.5. The molecule has 2 saturated heterocycles. The van der Waals surface area contributed by atoms with Crippen LogP contribution in [0.15, 0.2) is 28.8 Å². The topological polar surface area (TPSA) is 73.4 Å². The summed E-state index contributed by atoms with van der Waals surface area (Å²) in [5.41, 5.74) is 3.41. The molecule has 2 fully saturated rings. The fourth-order valence-corrected chi connectivity index (χ4v) is 4.77. The highest BCUT2D eigenvalue weighted by Gasteiger charge is 2.43. The van der Waals surface area contributed by atoms with Crippen LogP contribution < -0.4 is 0 Å². The zero-order valence-electron chi connectivity index (χ0n) is 16.6. The summed E-state index contributed by atoms with van der Waals surface area (Å²) in [5.74, 6) is 0.664. The first-order valence-electron chi connectivity index (χ1n) is 9.93. The van der Waals surface area contributed by atoms with Gasteiger partial charge in [-0.25, -0.2) is 0 Å². The smallest absolute Gasteiger partial charge is 0.259 e. The Balaban J connectivity index is 1.42. The van der Waals surface area contributed by atoms with Crippen LogP contribution in [0.3, 0.4) is 0 Å². The number of hydrogen-bond acceptors (Lipinski definition) is 5. The van der Waals surface area contributed by atoms with Gasteiger partial charge in [0, 0.05) is 31.6 Å². The third-order valence-corrected chi connectivity index (χ3v) is 6.20. The van der Waals surface area contributed by atoms with Crippen LogP contribution in [0.25, 0.3) is 0 Å². The Morgan fingerprint density at radius 3 is 2.68 bits per heavy atom. The minimum atomic E-state index is 0.0564. The molecule has 0 unspecified atom stereocenters. The second kappa shape index (κ2) is 7.40. The molecule has 28 heavy (non-hydrogen) atoms. The lowest BCUT2D eigenvalue weighted by atomic mass is 9.79. The highest BCUT2D eigenvalue weighted by atomic mass is 16.5. The summed E-state index contributed by atoms with van der Waals surface area (Å²) in [6.07, 6.45) is 3.33. The van der Waals surface area contributed by atoms with Crippen molar-refractivity contribution in [3.8, 4) is 6.07 Å². The van der Waals surface area contributed by atoms with E-state index in [1.807, 2.05) is 43.0 Å². The lowest BCUT2D eigenvalue weighted by Gasteiger charge is -2.40. The first-order valence-corrected chi connectivity index (χ1v) is 9.93. The molecular weight excluding hydrogens is 352 g/mol. The van der Waals surface area contributed by atoms with Crippen molar-refractivity contribution < 1.29 is 9.32 Å². The van der Waals surface area contributed by atoms with Crippen LogP contribution >= 0.6 is 0 Å². The van der Waals surface area contributed by atoms with Gasteiger partial charge in [-0.15, -0.1) is 0 Å². The van der Waals surface area contributed by atoms with Crippen molar-refractivity contribution in [3.63, 3.8) is 0 Å². The Morgan fingerprint density at radius 2 is 2.00 bits per heavy atom. The monoisotopic (exact) mass is 378 g/mol. The zero-order valence-corrected chi connectivity index (χ0v) is 16.6. The lowest BCUT2D eigenvalue weighted by Crippen LogP contribution is -2.47. The molecule has 2 aliphatic rings. The van der Waals surface area contributed by atoms with E-state index in [0.29, 0.717) is 22.6 Å². The van der Waals surface area contributed by atoms with Crippen LogP contribution in [0.4, 0.5) is 0 Å². The molecule has 0 bridgehead atoms. The number of carbonyl (C=O) groups excluding carboxylic acids is 1. The maximum absolute atomic E-state index is 13.1. The number of benzene rings is 1. The first kappa shape index (κ1) is 18.7. The molecule has 0 radical (unpaired) electrons. The van der Waals surface area contributed by atoms with E-state index in [9.17, 15) is 4.79 Å². The van der Waals surface area contributed by atoms with Gasteiger partial charge in [-0.3, -0.25) is 9.69 Å². The van der Waals surface area contributed by atoms with Gasteiger partial charge >= 0.3 is 0 Å². The molecule has 146 valence electrons. The van der Waals surface area contributed by atoms with Gasteiger partial charge in [0.2, 0.25) is 0 Å². The maximum atomic E-state index is 13.1. The number of piperidine rings is 1. The molecule has 2 aromatic rings. The summed E-state index contributed by atoms with van der Waals surface area (Å²) in [5, 5.41) is 12.9. The number of nitrogens with zero attached hydrogens (tertiary/aromatic N) is 4. The summed E-state index contributed by atoms with van der Waals surface area (Å²) in [6, 6.07) is 10.0. The van der Waals surface area contributed by atoms with E-state index >= 15 is 0 Å². The van der Waals surface area contributed by atoms with Crippen molar-refractivity contribution in [1.82, 2.24) is 15.0 Å². The van der Waals surface area contributed by atoms with Crippen molar-refractivity contribution in [2.24, 2.45) is 5.41 Å². The molecule has 6 nitrogen and oxygen atoms in total. The van der Waals surface area contributed by atoms with Crippen molar-refractivity contribution in [1.29, 1.82) is 5.26 Å². The number of likely N-dealkylation sites (tertiary alicyclic amines) is 2. The van der Waals surface area contributed by atoms with Crippen LogP contribution in [0, 0.1) is 30.6 Å². The Bertz CT molecular complexity index is 892. The SMILES string of the molecule is Cc1noc(C)c1C(=O)N1CCC[C@@]2(CCN(Cc3ccc(C#N)cc3)C2)C1. The van der Waals surface area contributed by atoms with Crippen LogP contribution in [0.2, 0.25) is 0 Å². The predicted molar refractivity (Wildman–Crippen MR) is 105 cm³/mol. The summed E-state index contributed by atoms with van der Waals surface area (Å²) in [4.78, 5) is 17.5. The molecule has 0 N–H and O–H groups in total. The summed E-state index contributed by atoms with van der Waals surface area (Å²) >= 11 is 0. The van der Waals surface area contributed by atoms with Crippen molar-refractivity contribution in [3.05, 3.63) is 52.4 Å². The summed E-state index contributed by atoms with van der Waals surface area (Å²) in [7, 11) is 0. The van der Waals surface area contributed by atoms with Crippen molar-refractivity contribution in [2.75, 3.05) is 26.2 Å². The fraction of sp³-hybridized carbons (Fsp3) is 0.500. The zero-order chi connectivity index (χ0) is 19.7. The Hall–Kier alpha value is -2.65. The second-order valence-electron chi connectivity index (χ2n) is 8.30. The van der Waals surface area contributed by atoms with E-state index in [4.69, 9.17) is 9.78 Å². The van der Waals surface area contributed by atoms with Gasteiger partial charge in [0.15, 0.2) is 0 Å². The molecule has 6 heteroatoms. The van der Waals surface area contributed by atoms with Gasteiger partial charge in [0.05, 0.1) is 17.3 Å². The van der Waals surface area contributed by atoms with Gasteiger partial charge in [-0.2, -0.15) is 5.26 Å². The number of aromatic nitrogens is 1. The molecule has 1 atom stereocenters. The minimum Gasteiger partial charge on any atom is -0.361 e. The number of aryl methyl sites for hydroxylation is 2. The van der Waals surface area contributed by atoms with Gasteiger partial charge in [0.1, 0.15) is 11.3 Å². The molecule has 2 aliphatic heterocycles. The normalized spacial score (nSPS) is 22.5. The van der Waals surface area contributed by atoms with E-state index in [1.54, 1.807) is 0 Å². The molecule has 1 spiro atoms. The molecule has 3 heterocycles. The van der Waals surface area contributed by atoms with Gasteiger partial charge < -0.3 is 9.42 Å². The van der Waals surface area contributed by atoms with Gasteiger partial charge in [-0.05, 0) is 57.4 Å². The highest BCUT2D eigenvalue weighted by Crippen LogP contribution is 2.40. The minimum absolute atomic E-state index is 0.0564. The fourth-order valence-electron chi connectivity index (χ4n) is 4.77. The largest absolute Gasteiger partial charge is 0.361 e. The van der Waals surface area contributed by atoms with Crippen molar-refractivity contribution in [2.45, 2.75) is 39.7 Å². The van der Waals surface area contributed by atoms with E-state index < -0.39 is 0 Å². The van der Waals surface area contributed by atoms with Crippen LogP contribution in [-0.2, 0) is 6.54 Å². The quantitative estimate of drug-likeness (QED) is 0.819. The molecule has 4 rings (SSSR count). The Labute approximate surface area is 165 Å². The number of nitriles is 1. The average Bonchev–Trinajstić information content (AvgIpc) is 3.24. The predicted octanol–water partition coefficient (Wildman–Crippen LogP) is 3.29. The number of amides is 1. The third kappa shape index (κ3) is 3.55. The average molecular weight is 378 g/mol. The van der Waals surface area contributed by atoms with Crippen LogP contribution in [0.5, 0.6) is 0 Å². The van der Waals surface area contributed by atoms with Crippen molar-refractivity contribution >= 4 is 5.91 Å². The molecule has 0 aliphatic carbocycles. The van der Waals surface area contributed by atoms with E-state index in [1.165, 1.54) is 12.0 Å². The van der Waals surface area contributed by atoms with Gasteiger partial charge in [0.25, 0.3) is 5.91 Å². The summed E-state index contributed by atoms with van der Waals surface area (Å²) < 4.78 is 5.20. The van der Waals surface area contributed by atoms with Crippen LogP contribution in [-0.4, -0.2) is 47.0 Å². The second-order valence-corrected chi connectivity index (χ2v) is 8.30. The van der Waals surface area contributed by atoms with E-state index in [-0.39, 0.29) is 11.3 Å². The van der Waals surface area contributed by atoms with E-state index in [0.717, 1.165) is 45.6 Å². The highest BCUT2D eigenvalue weighted by molar-refractivity contribution is 5.96. The molecular formula is C22H26N4O2. The lowest BCUT2D eigenvalue weighted by molar-refractivity contribution is 0.0524.